The molecule has 1 aliphatic heterocycles. The van der Waals surface area contributed by atoms with Crippen molar-refractivity contribution in [3.8, 4) is 0 Å². The molecule has 0 aromatic carbocycles. The molecule has 25 heavy (non-hydrogen) atoms. The summed E-state index contributed by atoms with van der Waals surface area (Å²) in [6.45, 7) is 15.0. The first kappa shape index (κ1) is 21.7. The van der Waals surface area contributed by atoms with Gasteiger partial charge in [0.15, 0.2) is 0 Å². The van der Waals surface area contributed by atoms with E-state index in [0.29, 0.717) is 30.1 Å². The van der Waals surface area contributed by atoms with E-state index < -0.39 is 29.4 Å². The first-order valence-corrected chi connectivity index (χ1v) is 9.00. The summed E-state index contributed by atoms with van der Waals surface area (Å²) < 4.78 is 16.9. The molecule has 0 bridgehead atoms. The van der Waals surface area contributed by atoms with Crippen molar-refractivity contribution in [1.82, 2.24) is 0 Å². The Balaban J connectivity index is 3.22. The molecule has 1 N–H and O–H groups in total. The van der Waals surface area contributed by atoms with Gasteiger partial charge in [0.05, 0.1) is 17.3 Å². The number of cyclic esters (lactones) is 1. The predicted molar refractivity (Wildman–Crippen MR) is 97.8 cm³/mol. The fourth-order valence-electron chi connectivity index (χ4n) is 3.39. The van der Waals surface area contributed by atoms with Crippen LogP contribution in [0.1, 0.15) is 60.8 Å². The van der Waals surface area contributed by atoms with Crippen LogP contribution >= 0.6 is 0 Å². The van der Waals surface area contributed by atoms with Crippen LogP contribution in [0, 0.1) is 11.8 Å². The molecule has 0 saturated heterocycles. The fraction of sp³-hybridized carbons (Fsp3) is 0.750. The molecule has 0 radical (unpaired) electrons. The Kier molecular flexibility index (Phi) is 7.27. The number of aliphatic hydroxyl groups is 1. The second-order valence-electron chi connectivity index (χ2n) is 7.59. The summed E-state index contributed by atoms with van der Waals surface area (Å²) in [5.41, 5.74) is -0.392. The monoisotopic (exact) mass is 354 g/mol. The molecule has 1 aliphatic rings. The lowest BCUT2D eigenvalue weighted by Crippen LogP contribution is -2.50. The van der Waals surface area contributed by atoms with E-state index in [2.05, 4.69) is 20.4 Å². The predicted octanol–water partition coefficient (Wildman–Crippen LogP) is 3.96. The zero-order valence-corrected chi connectivity index (χ0v) is 16.7. The van der Waals surface area contributed by atoms with Crippen molar-refractivity contribution < 1.29 is 24.1 Å². The quantitative estimate of drug-likeness (QED) is 0.501. The van der Waals surface area contributed by atoms with Gasteiger partial charge in [-0.15, -0.1) is 6.58 Å². The van der Waals surface area contributed by atoms with Gasteiger partial charge in [0.2, 0.25) is 5.79 Å². The lowest BCUT2D eigenvalue weighted by atomic mass is 9.77. The summed E-state index contributed by atoms with van der Waals surface area (Å²) in [6.07, 6.45) is 3.11. The Hall–Kier alpha value is -1.33. The van der Waals surface area contributed by atoms with Crippen LogP contribution in [0.15, 0.2) is 24.0 Å². The molecule has 0 amide bonds. The number of rotatable bonds is 9. The number of methoxy groups -OCH3 is 1. The van der Waals surface area contributed by atoms with Crippen molar-refractivity contribution >= 4 is 5.97 Å². The third kappa shape index (κ3) is 4.85. The fourth-order valence-corrected chi connectivity index (χ4v) is 3.39. The lowest BCUT2D eigenvalue weighted by molar-refractivity contribution is -0.216. The van der Waals surface area contributed by atoms with Gasteiger partial charge in [-0.1, -0.05) is 33.3 Å². The Morgan fingerprint density at radius 2 is 1.96 bits per heavy atom. The van der Waals surface area contributed by atoms with Crippen molar-refractivity contribution in [3.63, 3.8) is 0 Å². The highest BCUT2D eigenvalue weighted by Crippen LogP contribution is 2.39. The highest BCUT2D eigenvalue weighted by Gasteiger charge is 2.45. The van der Waals surface area contributed by atoms with Crippen LogP contribution < -0.4 is 0 Å². The van der Waals surface area contributed by atoms with Gasteiger partial charge in [-0.2, -0.15) is 0 Å². The summed E-state index contributed by atoms with van der Waals surface area (Å²) in [6, 6.07) is 0. The van der Waals surface area contributed by atoms with Gasteiger partial charge in [0.1, 0.15) is 5.76 Å². The molecule has 4 atom stereocenters. The molecule has 1 rings (SSSR count). The van der Waals surface area contributed by atoms with Crippen LogP contribution in [-0.4, -0.2) is 35.7 Å². The van der Waals surface area contributed by atoms with Crippen LogP contribution in [0.25, 0.3) is 0 Å². The number of hydrogen-bond donors (Lipinski definition) is 1. The van der Waals surface area contributed by atoms with Gasteiger partial charge >= 0.3 is 5.97 Å². The molecule has 144 valence electrons. The molecule has 0 aromatic heterocycles. The summed E-state index contributed by atoms with van der Waals surface area (Å²) >= 11 is 0. The van der Waals surface area contributed by atoms with E-state index >= 15 is 0 Å². The molecular formula is C20H34O5. The van der Waals surface area contributed by atoms with Gasteiger partial charge in [0, 0.05) is 26.9 Å². The van der Waals surface area contributed by atoms with E-state index in [0.717, 1.165) is 6.42 Å². The standard InChI is InChI=1S/C20H34O5/c1-9-11-20(23-8,12-13(3)10-2)17(21)14(4)16-15(5)18(22)25-19(6,7)24-16/h9,13-14,17,21H,1,10-12H2,2-8H3/t13-,14-,17+,20+/m0/s1. The topological polar surface area (TPSA) is 65.0 Å². The van der Waals surface area contributed by atoms with Crippen molar-refractivity contribution in [2.24, 2.45) is 11.8 Å². The minimum Gasteiger partial charge on any atom is -0.456 e. The van der Waals surface area contributed by atoms with Gasteiger partial charge < -0.3 is 19.3 Å². The third-order valence-electron chi connectivity index (χ3n) is 5.08. The first-order valence-electron chi connectivity index (χ1n) is 9.00. The van der Waals surface area contributed by atoms with Crippen LogP contribution in [-0.2, 0) is 19.0 Å². The molecule has 5 heteroatoms. The molecule has 5 nitrogen and oxygen atoms in total. The average molecular weight is 354 g/mol. The zero-order chi connectivity index (χ0) is 19.4. The summed E-state index contributed by atoms with van der Waals surface area (Å²) in [5, 5.41) is 11.2. The van der Waals surface area contributed by atoms with Gasteiger partial charge in [-0.3, -0.25) is 0 Å². The summed E-state index contributed by atoms with van der Waals surface area (Å²) in [7, 11) is 1.61. The number of esters is 1. The van der Waals surface area contributed by atoms with Crippen molar-refractivity contribution in [1.29, 1.82) is 0 Å². The molecule has 0 fully saturated rings. The molecule has 0 aromatic rings. The van der Waals surface area contributed by atoms with Crippen LogP contribution in [0.5, 0.6) is 0 Å². The van der Waals surface area contributed by atoms with Crippen molar-refractivity contribution in [2.45, 2.75) is 78.3 Å². The first-order chi connectivity index (χ1) is 11.5. The minimum absolute atomic E-state index is 0.380. The van der Waals surface area contributed by atoms with Gasteiger partial charge in [-0.25, -0.2) is 4.79 Å². The maximum Gasteiger partial charge on any atom is 0.340 e. The van der Waals surface area contributed by atoms with Crippen molar-refractivity contribution in [2.75, 3.05) is 7.11 Å². The molecule has 1 heterocycles. The Labute approximate surface area is 152 Å². The smallest absolute Gasteiger partial charge is 0.340 e. The normalized spacial score (nSPS) is 23.1. The van der Waals surface area contributed by atoms with E-state index in [1.807, 2.05) is 6.92 Å². The number of ether oxygens (including phenoxy) is 3. The maximum absolute atomic E-state index is 12.1. The number of carbonyl (C=O) groups is 1. The third-order valence-corrected chi connectivity index (χ3v) is 5.08. The molecule has 0 spiro atoms. The number of carbonyl (C=O) groups excluding carboxylic acids is 1. The number of aliphatic hydroxyl groups excluding tert-OH is 1. The SMILES string of the molecule is C=CC[C@](C[C@@H](C)CC)(OC)[C@H](O)[C@@H](C)C1=C(C)C(=O)OC(C)(C)O1. The van der Waals surface area contributed by atoms with Crippen LogP contribution in [0.3, 0.4) is 0 Å². The highest BCUT2D eigenvalue weighted by atomic mass is 16.7. The Morgan fingerprint density at radius 1 is 1.36 bits per heavy atom. The average Bonchev–Trinajstić information content (AvgIpc) is 2.55. The van der Waals surface area contributed by atoms with E-state index in [1.165, 1.54) is 0 Å². The second-order valence-corrected chi connectivity index (χ2v) is 7.59. The second kappa shape index (κ2) is 8.37. The highest BCUT2D eigenvalue weighted by molar-refractivity contribution is 5.89. The van der Waals surface area contributed by atoms with E-state index in [4.69, 9.17) is 14.2 Å². The van der Waals surface area contributed by atoms with Crippen molar-refractivity contribution in [3.05, 3.63) is 24.0 Å². The number of hydrogen-bond acceptors (Lipinski definition) is 5. The van der Waals surface area contributed by atoms with Crippen LogP contribution in [0.4, 0.5) is 0 Å². The maximum atomic E-state index is 12.1. The van der Waals surface area contributed by atoms with E-state index in [9.17, 15) is 9.90 Å². The van der Waals surface area contributed by atoms with E-state index in [-0.39, 0.29) is 0 Å². The zero-order valence-electron chi connectivity index (χ0n) is 16.7. The molecule has 0 unspecified atom stereocenters. The molecule has 0 aliphatic carbocycles. The molecular weight excluding hydrogens is 320 g/mol. The summed E-state index contributed by atoms with van der Waals surface area (Å²) in [5.74, 6) is -1.05. The van der Waals surface area contributed by atoms with Crippen LogP contribution in [0.2, 0.25) is 0 Å². The van der Waals surface area contributed by atoms with Gasteiger partial charge in [0.25, 0.3) is 0 Å². The Bertz CT molecular complexity index is 522. The Morgan fingerprint density at radius 3 is 2.44 bits per heavy atom. The minimum atomic E-state index is -1.05. The summed E-state index contributed by atoms with van der Waals surface area (Å²) in [4.78, 5) is 12.1. The largest absolute Gasteiger partial charge is 0.456 e. The van der Waals surface area contributed by atoms with Gasteiger partial charge in [-0.05, 0) is 25.7 Å². The van der Waals surface area contributed by atoms with E-state index in [1.54, 1.807) is 34.0 Å². The molecule has 0 saturated carbocycles. The lowest BCUT2D eigenvalue weighted by Gasteiger charge is -2.43.